The molecule has 10 heteroatoms. The van der Waals surface area contributed by atoms with E-state index in [9.17, 15) is 13.8 Å². The lowest BCUT2D eigenvalue weighted by molar-refractivity contribution is -0.138. The zero-order chi connectivity index (χ0) is 28.1. The van der Waals surface area contributed by atoms with E-state index in [-0.39, 0.29) is 24.1 Å². The van der Waals surface area contributed by atoms with Crippen LogP contribution in [0.2, 0.25) is 0 Å². The van der Waals surface area contributed by atoms with Crippen molar-refractivity contribution in [2.75, 3.05) is 6.26 Å². The Balaban J connectivity index is 1.22. The molecule has 1 aromatic carbocycles. The summed E-state index contributed by atoms with van der Waals surface area (Å²) in [5, 5.41) is 6.19. The van der Waals surface area contributed by atoms with Crippen LogP contribution in [0.3, 0.4) is 0 Å². The molecule has 210 valence electrons. The minimum absolute atomic E-state index is 0.0324. The van der Waals surface area contributed by atoms with E-state index < -0.39 is 21.1 Å². The van der Waals surface area contributed by atoms with Crippen LogP contribution < -0.4 is 10.6 Å². The lowest BCUT2D eigenvalue weighted by atomic mass is 9.57. The first-order valence-corrected chi connectivity index (χ1v) is 15.7. The van der Waals surface area contributed by atoms with Gasteiger partial charge in [0.05, 0.1) is 18.4 Å². The average molecular weight is 554 g/mol. The molecule has 2 N–H and O–H groups in total. The van der Waals surface area contributed by atoms with Crippen molar-refractivity contribution in [2.45, 2.75) is 88.8 Å². The van der Waals surface area contributed by atoms with Gasteiger partial charge in [-0.2, -0.15) is 0 Å². The third-order valence-corrected chi connectivity index (χ3v) is 10.7. The fraction of sp³-hybridized carbons (Fsp3) is 0.517. The van der Waals surface area contributed by atoms with Crippen LogP contribution in [0.5, 0.6) is 0 Å². The number of benzene rings is 1. The summed E-state index contributed by atoms with van der Waals surface area (Å²) >= 11 is 0. The molecule has 2 heterocycles. The largest absolute Gasteiger partial charge is 0.444 e. The van der Waals surface area contributed by atoms with Gasteiger partial charge in [0, 0.05) is 28.3 Å². The number of thiol groups is 1. The molecule has 0 radical (unpaired) electrons. The number of aromatic nitrogens is 3. The summed E-state index contributed by atoms with van der Waals surface area (Å²) in [6.07, 6.45) is 9.23. The summed E-state index contributed by atoms with van der Waals surface area (Å²) in [5.41, 5.74) is 1.72. The van der Waals surface area contributed by atoms with E-state index >= 15 is 0 Å². The van der Waals surface area contributed by atoms with Gasteiger partial charge in [-0.25, -0.2) is 14.8 Å². The number of aryl methyl sites for hydroxylation is 1. The van der Waals surface area contributed by atoms with Crippen LogP contribution in [-0.2, 0) is 26.2 Å². The van der Waals surface area contributed by atoms with Gasteiger partial charge in [0.15, 0.2) is 5.65 Å². The first-order valence-electron chi connectivity index (χ1n) is 13.6. The summed E-state index contributed by atoms with van der Waals surface area (Å²) < 4.78 is 20.9. The Kier molecular flexibility index (Phi) is 6.81. The number of rotatable bonds is 6. The molecule has 3 aliphatic rings. The minimum Gasteiger partial charge on any atom is -0.444 e. The number of nitrogens with one attached hydrogen (secondary N) is 2. The Hall–Kier alpha value is -3.27. The molecule has 0 unspecified atom stereocenters. The average Bonchev–Trinajstić information content (AvgIpc) is 3.31. The number of carbonyl (C=O) groups excluding carboxylic acids is 2. The fourth-order valence-electron chi connectivity index (χ4n) is 5.87. The van der Waals surface area contributed by atoms with Crippen molar-refractivity contribution >= 4 is 33.3 Å². The Morgan fingerprint density at radius 3 is 2.31 bits per heavy atom. The quantitative estimate of drug-likeness (QED) is 0.389. The second-order valence-electron chi connectivity index (χ2n) is 12.3. The van der Waals surface area contributed by atoms with Crippen LogP contribution in [0.25, 0.3) is 11.2 Å². The van der Waals surface area contributed by atoms with E-state index in [0.717, 1.165) is 49.0 Å². The lowest BCUT2D eigenvalue weighted by Crippen LogP contribution is -2.60. The summed E-state index contributed by atoms with van der Waals surface area (Å²) in [4.78, 5) is 35.7. The summed E-state index contributed by atoms with van der Waals surface area (Å²) in [6, 6.07) is 9.52. The Bertz CT molecular complexity index is 1430. The topological polar surface area (TPSA) is 115 Å². The van der Waals surface area contributed by atoms with Crippen molar-refractivity contribution in [1.29, 1.82) is 0 Å². The Morgan fingerprint density at radius 2 is 1.69 bits per heavy atom. The number of hydrogen-bond donors (Lipinski definition) is 3. The molecule has 0 aliphatic heterocycles. The molecule has 3 aliphatic carbocycles. The van der Waals surface area contributed by atoms with Crippen molar-refractivity contribution in [3.05, 3.63) is 54.0 Å². The lowest BCUT2D eigenvalue weighted by Gasteiger charge is -2.52. The molecule has 9 nitrogen and oxygen atoms in total. The van der Waals surface area contributed by atoms with Crippen molar-refractivity contribution < 1.29 is 18.5 Å². The molecule has 6 rings (SSSR count). The summed E-state index contributed by atoms with van der Waals surface area (Å²) in [5.74, 6) is 0.0324. The fourth-order valence-corrected chi connectivity index (χ4v) is 7.65. The highest BCUT2D eigenvalue weighted by Crippen LogP contribution is 2.52. The summed E-state index contributed by atoms with van der Waals surface area (Å²) in [6.45, 7) is 7.84. The molecular formula is C29H39N5O4S. The van der Waals surface area contributed by atoms with E-state index in [4.69, 9.17) is 4.74 Å². The van der Waals surface area contributed by atoms with Crippen molar-refractivity contribution in [1.82, 2.24) is 24.6 Å². The number of hydrogen-bond acceptors (Lipinski definition) is 6. The first kappa shape index (κ1) is 27.3. The highest BCUT2D eigenvalue weighted by molar-refractivity contribution is 8.01. The maximum absolute atomic E-state index is 13.7. The van der Waals surface area contributed by atoms with Gasteiger partial charge >= 0.3 is 6.09 Å². The molecule has 0 spiro atoms. The highest BCUT2D eigenvalue weighted by atomic mass is 32.3. The second kappa shape index (κ2) is 9.73. The van der Waals surface area contributed by atoms with Gasteiger partial charge in [0.1, 0.15) is 11.1 Å². The van der Waals surface area contributed by atoms with Gasteiger partial charge in [0.2, 0.25) is 5.91 Å². The van der Waals surface area contributed by atoms with E-state index in [1.54, 1.807) is 22.6 Å². The molecule has 2 bridgehead atoms. The van der Waals surface area contributed by atoms with Crippen molar-refractivity contribution in [3.8, 4) is 0 Å². The van der Waals surface area contributed by atoms with Crippen LogP contribution in [0.1, 0.15) is 70.6 Å². The third kappa shape index (κ3) is 5.44. The molecule has 0 atom stereocenters. The monoisotopic (exact) mass is 553 g/mol. The summed E-state index contributed by atoms with van der Waals surface area (Å²) in [7, 11) is -2.90. The SMILES string of the molecule is Cc1ccc([SH](C)(=O)n2ccc3nc(CNC(=O)C45CCC(NC(=O)OC(C)(C)C)(CC4)CC5)cnc32)cc1. The molecule has 2 amide bonds. The molecule has 3 aromatic rings. The van der Waals surface area contributed by atoms with E-state index in [1.165, 1.54) is 0 Å². The maximum Gasteiger partial charge on any atom is 0.408 e. The number of amides is 2. The number of nitrogens with zero attached hydrogens (tertiary/aromatic N) is 3. The van der Waals surface area contributed by atoms with E-state index in [0.29, 0.717) is 16.9 Å². The zero-order valence-electron chi connectivity index (χ0n) is 23.4. The van der Waals surface area contributed by atoms with Crippen LogP contribution >= 0.6 is 0 Å². The number of carbonyl (C=O) groups is 2. The van der Waals surface area contributed by atoms with Gasteiger partial charge in [-0.1, -0.05) is 17.7 Å². The predicted octanol–water partition coefficient (Wildman–Crippen LogP) is 4.44. The van der Waals surface area contributed by atoms with E-state index in [1.807, 2.05) is 58.0 Å². The molecule has 39 heavy (non-hydrogen) atoms. The van der Waals surface area contributed by atoms with Crippen molar-refractivity contribution in [2.24, 2.45) is 5.41 Å². The van der Waals surface area contributed by atoms with Crippen LogP contribution in [0.4, 0.5) is 4.79 Å². The Morgan fingerprint density at radius 1 is 1.05 bits per heavy atom. The smallest absolute Gasteiger partial charge is 0.408 e. The maximum atomic E-state index is 13.7. The van der Waals surface area contributed by atoms with Gasteiger partial charge in [-0.3, -0.25) is 13.0 Å². The number of alkyl carbamates (subject to hydrolysis) is 1. The van der Waals surface area contributed by atoms with Crippen LogP contribution in [-0.4, -0.2) is 47.5 Å². The van der Waals surface area contributed by atoms with Crippen LogP contribution in [0, 0.1) is 12.3 Å². The standard InChI is InChI=1S/C29H39N5O4S/c1-20-6-8-22(9-7-20)39(5,37)34-17-10-23-24(34)30-18-21(32-23)19-31-25(35)28-11-14-29(15-12-28,16-13-28)33-26(36)38-27(2,3)4/h6-10,17-18,39H,11-16,19H2,1-5H3,(H,31,35)(H,33,36). The molecule has 2 aromatic heterocycles. The molecule has 3 fully saturated rings. The normalized spacial score (nSPS) is 23.4. The number of ether oxygens (including phenoxy) is 1. The Labute approximate surface area is 230 Å². The zero-order valence-corrected chi connectivity index (χ0v) is 24.3. The van der Waals surface area contributed by atoms with E-state index in [2.05, 4.69) is 20.6 Å². The molecule has 0 saturated heterocycles. The highest BCUT2D eigenvalue weighted by Gasteiger charge is 2.53. The second-order valence-corrected chi connectivity index (χ2v) is 15.0. The molecular weight excluding hydrogens is 514 g/mol. The first-order chi connectivity index (χ1) is 18.3. The third-order valence-electron chi connectivity index (χ3n) is 8.27. The van der Waals surface area contributed by atoms with Gasteiger partial charge in [0.25, 0.3) is 0 Å². The number of fused-ring (bicyclic) bond motifs is 4. The minimum atomic E-state index is -2.90. The van der Waals surface area contributed by atoms with Gasteiger partial charge in [-0.05, 0) is 94.5 Å². The van der Waals surface area contributed by atoms with Crippen LogP contribution in [0.15, 0.2) is 47.6 Å². The van der Waals surface area contributed by atoms with Gasteiger partial charge < -0.3 is 15.4 Å². The van der Waals surface area contributed by atoms with Crippen molar-refractivity contribution in [3.63, 3.8) is 0 Å². The predicted molar refractivity (Wildman–Crippen MR) is 152 cm³/mol. The molecule has 3 saturated carbocycles. The van der Waals surface area contributed by atoms with Gasteiger partial charge in [-0.15, -0.1) is 0 Å².